The maximum absolute atomic E-state index is 12.7. The van der Waals surface area contributed by atoms with Crippen LogP contribution in [0.3, 0.4) is 0 Å². The highest BCUT2D eigenvalue weighted by Gasteiger charge is 2.37. The third kappa shape index (κ3) is 4.52. The Bertz CT molecular complexity index is 843. The van der Waals surface area contributed by atoms with Gasteiger partial charge in [0.2, 0.25) is 0 Å². The monoisotopic (exact) mass is 395 g/mol. The number of carbonyl (C=O) groups is 2. The molecule has 1 aromatic heterocycles. The van der Waals surface area contributed by atoms with Crippen molar-refractivity contribution in [1.29, 1.82) is 0 Å². The third-order valence-corrected chi connectivity index (χ3v) is 4.80. The number of aliphatic carboxylic acids is 1. The lowest BCUT2D eigenvalue weighted by molar-refractivity contribution is -0.157. The van der Waals surface area contributed by atoms with Gasteiger partial charge in [0.15, 0.2) is 0 Å². The molecule has 1 amide bonds. The fourth-order valence-electron chi connectivity index (χ4n) is 3.51. The van der Waals surface area contributed by atoms with Crippen molar-refractivity contribution in [2.45, 2.75) is 50.4 Å². The zero-order chi connectivity index (χ0) is 20.3. The van der Waals surface area contributed by atoms with Gasteiger partial charge in [0.25, 0.3) is 5.91 Å². The Kier molecular flexibility index (Phi) is 5.71. The number of hydrogen-bond acceptors (Lipinski definition) is 3. The molecule has 1 fully saturated rings. The minimum atomic E-state index is -4.72. The molecule has 9 heteroatoms. The van der Waals surface area contributed by atoms with Gasteiger partial charge < -0.3 is 10.4 Å². The molecule has 2 N–H and O–H groups in total. The summed E-state index contributed by atoms with van der Waals surface area (Å²) in [5.41, 5.74) is 1.24. The Morgan fingerprint density at radius 2 is 1.86 bits per heavy atom. The van der Waals surface area contributed by atoms with Gasteiger partial charge in [-0.25, -0.2) is 4.79 Å². The smallest absolute Gasteiger partial charge is 0.391 e. The van der Waals surface area contributed by atoms with Crippen LogP contribution in [0.25, 0.3) is 11.3 Å². The fourth-order valence-corrected chi connectivity index (χ4v) is 3.51. The van der Waals surface area contributed by atoms with Gasteiger partial charge in [-0.2, -0.15) is 18.3 Å². The first kappa shape index (κ1) is 19.9. The van der Waals surface area contributed by atoms with E-state index in [4.69, 9.17) is 5.11 Å². The number of alkyl halides is 3. The molecule has 28 heavy (non-hydrogen) atoms. The summed E-state index contributed by atoms with van der Waals surface area (Å²) in [5, 5.41) is 15.4. The Morgan fingerprint density at radius 1 is 1.21 bits per heavy atom. The van der Waals surface area contributed by atoms with Crippen LogP contribution < -0.4 is 5.32 Å². The second kappa shape index (κ2) is 8.04. The number of carbonyl (C=O) groups excluding carboxylic acids is 1. The molecule has 0 bridgehead atoms. The lowest BCUT2D eigenvalue weighted by atomic mass is 10.1. The highest BCUT2D eigenvalue weighted by atomic mass is 19.4. The second-order valence-electron chi connectivity index (χ2n) is 6.84. The standard InChI is InChI=1S/C19H20F3N3O3/c20-19(21,22)10-15(18(27)28)24-17(26)14-11-23-25(13-8-4-5-9-13)16(14)12-6-2-1-3-7-12/h1-3,6-7,11,13,15H,4-5,8-10H2,(H,24,26)(H,27,28). The van der Waals surface area contributed by atoms with Gasteiger partial charge >= 0.3 is 12.1 Å². The molecule has 1 heterocycles. The average molecular weight is 395 g/mol. The predicted octanol–water partition coefficient (Wildman–Crippen LogP) is 3.80. The quantitative estimate of drug-likeness (QED) is 0.779. The summed E-state index contributed by atoms with van der Waals surface area (Å²) in [7, 11) is 0. The van der Waals surface area contributed by atoms with E-state index in [1.807, 2.05) is 11.4 Å². The van der Waals surface area contributed by atoms with Gasteiger partial charge in [-0.3, -0.25) is 9.48 Å². The van der Waals surface area contributed by atoms with Crippen molar-refractivity contribution in [2.24, 2.45) is 0 Å². The van der Waals surface area contributed by atoms with Gasteiger partial charge in [-0.15, -0.1) is 0 Å². The fraction of sp³-hybridized carbons (Fsp3) is 0.421. The zero-order valence-electron chi connectivity index (χ0n) is 14.9. The van der Waals surface area contributed by atoms with E-state index < -0.39 is 30.5 Å². The van der Waals surface area contributed by atoms with Crippen LogP contribution in [0.15, 0.2) is 36.5 Å². The maximum atomic E-state index is 12.7. The van der Waals surface area contributed by atoms with Crippen molar-refractivity contribution in [1.82, 2.24) is 15.1 Å². The largest absolute Gasteiger partial charge is 0.480 e. The number of benzene rings is 1. The van der Waals surface area contributed by atoms with E-state index >= 15 is 0 Å². The molecule has 0 aliphatic heterocycles. The maximum Gasteiger partial charge on any atom is 0.391 e. The molecular formula is C19H20F3N3O3. The van der Waals surface area contributed by atoms with Crippen LogP contribution in [-0.4, -0.2) is 39.0 Å². The molecule has 3 rings (SSSR count). The van der Waals surface area contributed by atoms with Crippen molar-refractivity contribution in [3.63, 3.8) is 0 Å². The zero-order valence-corrected chi connectivity index (χ0v) is 14.9. The van der Waals surface area contributed by atoms with E-state index in [2.05, 4.69) is 5.10 Å². The molecule has 1 aliphatic rings. The van der Waals surface area contributed by atoms with Crippen LogP contribution in [0.2, 0.25) is 0 Å². The molecule has 1 unspecified atom stereocenters. The highest BCUT2D eigenvalue weighted by molar-refractivity contribution is 6.01. The van der Waals surface area contributed by atoms with E-state index in [9.17, 15) is 22.8 Å². The molecular weight excluding hydrogens is 375 g/mol. The number of rotatable bonds is 6. The normalized spacial score (nSPS) is 16.1. The molecule has 1 aromatic carbocycles. The second-order valence-corrected chi connectivity index (χ2v) is 6.84. The predicted molar refractivity (Wildman–Crippen MR) is 94.7 cm³/mol. The van der Waals surface area contributed by atoms with E-state index in [0.29, 0.717) is 11.3 Å². The van der Waals surface area contributed by atoms with Gasteiger partial charge in [-0.05, 0) is 12.8 Å². The van der Waals surface area contributed by atoms with Gasteiger partial charge in [0.05, 0.1) is 29.9 Å². The molecule has 1 atom stereocenters. The molecule has 0 radical (unpaired) electrons. The lowest BCUT2D eigenvalue weighted by Gasteiger charge is -2.18. The van der Waals surface area contributed by atoms with Crippen LogP contribution in [0, 0.1) is 0 Å². The van der Waals surface area contributed by atoms with E-state index in [1.165, 1.54) is 6.20 Å². The number of carboxylic acids is 1. The van der Waals surface area contributed by atoms with Crippen LogP contribution >= 0.6 is 0 Å². The number of amides is 1. The van der Waals surface area contributed by atoms with Crippen molar-refractivity contribution >= 4 is 11.9 Å². The molecule has 1 aliphatic carbocycles. The summed E-state index contributed by atoms with van der Waals surface area (Å²) in [6.45, 7) is 0. The molecule has 0 spiro atoms. The van der Waals surface area contributed by atoms with Crippen molar-refractivity contribution in [3.05, 3.63) is 42.1 Å². The van der Waals surface area contributed by atoms with Crippen LogP contribution in [-0.2, 0) is 4.79 Å². The first-order valence-corrected chi connectivity index (χ1v) is 8.99. The number of halogens is 3. The SMILES string of the molecule is O=C(NC(CC(F)(F)F)C(=O)O)c1cnn(C2CCCC2)c1-c1ccccc1. The van der Waals surface area contributed by atoms with Crippen LogP contribution in [0.5, 0.6) is 0 Å². The summed E-state index contributed by atoms with van der Waals surface area (Å²) in [6.07, 6.45) is -1.21. The number of aromatic nitrogens is 2. The number of hydrogen-bond donors (Lipinski definition) is 2. The molecule has 2 aromatic rings. The van der Waals surface area contributed by atoms with Crippen LogP contribution in [0.1, 0.15) is 48.5 Å². The van der Waals surface area contributed by atoms with Crippen molar-refractivity contribution in [3.8, 4) is 11.3 Å². The summed E-state index contributed by atoms with van der Waals surface area (Å²) < 4.78 is 39.7. The summed E-state index contributed by atoms with van der Waals surface area (Å²) in [5.74, 6) is -2.63. The number of nitrogens with zero attached hydrogens (tertiary/aromatic N) is 2. The van der Waals surface area contributed by atoms with Crippen molar-refractivity contribution < 1.29 is 27.9 Å². The molecule has 6 nitrogen and oxygen atoms in total. The Hall–Kier alpha value is -2.84. The minimum Gasteiger partial charge on any atom is -0.480 e. The molecule has 0 saturated heterocycles. The Labute approximate surface area is 159 Å². The third-order valence-electron chi connectivity index (χ3n) is 4.80. The minimum absolute atomic E-state index is 0.0616. The van der Waals surface area contributed by atoms with Gasteiger partial charge in [0, 0.05) is 5.56 Å². The van der Waals surface area contributed by atoms with Crippen LogP contribution in [0.4, 0.5) is 13.2 Å². The van der Waals surface area contributed by atoms with Gasteiger partial charge in [-0.1, -0.05) is 43.2 Å². The van der Waals surface area contributed by atoms with E-state index in [1.54, 1.807) is 28.9 Å². The number of nitrogens with one attached hydrogen (secondary N) is 1. The summed E-state index contributed by atoms with van der Waals surface area (Å²) in [4.78, 5) is 23.9. The summed E-state index contributed by atoms with van der Waals surface area (Å²) >= 11 is 0. The highest BCUT2D eigenvalue weighted by Crippen LogP contribution is 2.34. The number of carboxylic acid groups (broad SMARTS) is 1. The first-order chi connectivity index (χ1) is 13.3. The lowest BCUT2D eigenvalue weighted by Crippen LogP contribution is -2.43. The Balaban J connectivity index is 1.94. The van der Waals surface area contributed by atoms with Gasteiger partial charge in [0.1, 0.15) is 6.04 Å². The first-order valence-electron chi connectivity index (χ1n) is 8.99. The topological polar surface area (TPSA) is 84.2 Å². The van der Waals surface area contributed by atoms with E-state index in [0.717, 1.165) is 25.7 Å². The molecule has 1 saturated carbocycles. The van der Waals surface area contributed by atoms with E-state index in [-0.39, 0.29) is 11.6 Å². The van der Waals surface area contributed by atoms with Crippen molar-refractivity contribution in [2.75, 3.05) is 0 Å². The average Bonchev–Trinajstić information content (AvgIpc) is 3.30. The Morgan fingerprint density at radius 3 is 2.43 bits per heavy atom. The summed E-state index contributed by atoms with van der Waals surface area (Å²) in [6, 6.07) is 6.98. The molecule has 150 valence electrons.